The van der Waals surface area contributed by atoms with E-state index in [0.717, 1.165) is 51.0 Å². The van der Waals surface area contributed by atoms with Crippen LogP contribution in [0.5, 0.6) is 5.75 Å². The largest absolute Gasteiger partial charge is 0.494 e. The van der Waals surface area contributed by atoms with Gasteiger partial charge in [0, 0.05) is 32.7 Å². The highest BCUT2D eigenvalue weighted by atomic mass is 32.2. The fourth-order valence-electron chi connectivity index (χ4n) is 3.61. The van der Waals surface area contributed by atoms with Gasteiger partial charge >= 0.3 is 0 Å². The van der Waals surface area contributed by atoms with Gasteiger partial charge in [0.15, 0.2) is 0 Å². The van der Waals surface area contributed by atoms with Gasteiger partial charge in [0.1, 0.15) is 5.75 Å². The zero-order valence-corrected chi connectivity index (χ0v) is 18.6. The number of unbranched alkanes of at least 4 members (excludes halogenated alkanes) is 5. The maximum atomic E-state index is 6.00. The van der Waals surface area contributed by atoms with Crippen molar-refractivity contribution < 1.29 is 4.74 Å². The third kappa shape index (κ3) is 9.87. The molecule has 0 aromatic heterocycles. The maximum Gasteiger partial charge on any atom is 0.119 e. The van der Waals surface area contributed by atoms with Crippen LogP contribution in [-0.2, 0) is 6.54 Å². The third-order valence-corrected chi connectivity index (χ3v) is 6.22. The Labute approximate surface area is 172 Å². The van der Waals surface area contributed by atoms with Gasteiger partial charge in [0.05, 0.1) is 6.61 Å². The molecule has 1 aliphatic rings. The quantitative estimate of drug-likeness (QED) is 0.309. The molecule has 2 rings (SSSR count). The lowest BCUT2D eigenvalue weighted by molar-refractivity contribution is 0.189. The molecule has 27 heavy (non-hydrogen) atoms. The van der Waals surface area contributed by atoms with Crippen molar-refractivity contribution in [3.05, 3.63) is 29.8 Å². The molecular weight excluding hydrogens is 352 g/mol. The molecule has 0 N–H and O–H groups in total. The van der Waals surface area contributed by atoms with Crippen molar-refractivity contribution >= 4 is 11.9 Å². The van der Waals surface area contributed by atoms with E-state index in [1.165, 1.54) is 50.5 Å². The lowest BCUT2D eigenvalue weighted by Crippen LogP contribution is -2.42. The molecule has 0 radical (unpaired) electrons. The summed E-state index contributed by atoms with van der Waals surface area (Å²) in [5, 5.41) is 0. The van der Waals surface area contributed by atoms with Crippen molar-refractivity contribution in [3.63, 3.8) is 0 Å². The van der Waals surface area contributed by atoms with Gasteiger partial charge < -0.3 is 4.74 Å². The minimum Gasteiger partial charge on any atom is -0.494 e. The first-order chi connectivity index (χ1) is 13.2. The first-order valence-corrected chi connectivity index (χ1v) is 12.1. The van der Waals surface area contributed by atoms with Crippen LogP contribution < -0.4 is 4.74 Å². The molecule has 1 fully saturated rings. The standard InChI is InChI=1S/C23H40N2OS/c1-21(2)11-8-6-4-5-7-9-18-26-23-13-10-12-22(19-23)20-24-14-16-25(27-3)17-15-24/h10,12-13,19,21H,4-9,11,14-18,20H2,1-3H3. The summed E-state index contributed by atoms with van der Waals surface area (Å²) in [5.41, 5.74) is 1.37. The Kier molecular flexibility index (Phi) is 11.3. The van der Waals surface area contributed by atoms with Crippen molar-refractivity contribution in [3.8, 4) is 5.75 Å². The van der Waals surface area contributed by atoms with Gasteiger partial charge in [-0.05, 0) is 36.3 Å². The molecule has 1 saturated heterocycles. The fraction of sp³-hybridized carbons (Fsp3) is 0.739. The Morgan fingerprint density at radius 3 is 2.37 bits per heavy atom. The van der Waals surface area contributed by atoms with Gasteiger partial charge in [-0.2, -0.15) is 0 Å². The molecule has 4 heteroatoms. The van der Waals surface area contributed by atoms with E-state index in [2.05, 4.69) is 53.6 Å². The molecule has 0 spiro atoms. The van der Waals surface area contributed by atoms with Crippen LogP contribution >= 0.6 is 11.9 Å². The monoisotopic (exact) mass is 392 g/mol. The van der Waals surface area contributed by atoms with Crippen LogP contribution in [0.4, 0.5) is 0 Å². The van der Waals surface area contributed by atoms with E-state index >= 15 is 0 Å². The topological polar surface area (TPSA) is 15.7 Å². The molecule has 1 aliphatic heterocycles. The molecule has 0 unspecified atom stereocenters. The normalized spacial score (nSPS) is 16.1. The second-order valence-electron chi connectivity index (χ2n) is 8.19. The summed E-state index contributed by atoms with van der Waals surface area (Å²) in [6, 6.07) is 8.69. The first kappa shape index (κ1) is 22.6. The number of hydrogen-bond acceptors (Lipinski definition) is 4. The van der Waals surface area contributed by atoms with E-state index in [1.54, 1.807) is 0 Å². The first-order valence-electron chi connectivity index (χ1n) is 10.9. The molecule has 0 saturated carbocycles. The highest BCUT2D eigenvalue weighted by Gasteiger charge is 2.16. The predicted octanol–water partition coefficient (Wildman–Crippen LogP) is 5.85. The summed E-state index contributed by atoms with van der Waals surface area (Å²) in [4.78, 5) is 2.55. The minimum absolute atomic E-state index is 0.849. The zero-order chi connectivity index (χ0) is 19.3. The second-order valence-corrected chi connectivity index (χ2v) is 9.07. The minimum atomic E-state index is 0.849. The van der Waals surface area contributed by atoms with Crippen LogP contribution in [0, 0.1) is 5.92 Å². The van der Waals surface area contributed by atoms with Crippen LogP contribution in [0.15, 0.2) is 24.3 Å². The Bertz CT molecular complexity index is 501. The molecule has 0 aliphatic carbocycles. The Hall–Kier alpha value is -0.710. The molecule has 1 aromatic carbocycles. The lowest BCUT2D eigenvalue weighted by atomic mass is 10.0. The Morgan fingerprint density at radius 1 is 0.963 bits per heavy atom. The molecule has 1 heterocycles. The molecule has 0 bridgehead atoms. The zero-order valence-electron chi connectivity index (χ0n) is 17.8. The average Bonchev–Trinajstić information content (AvgIpc) is 2.67. The van der Waals surface area contributed by atoms with Crippen LogP contribution in [0.1, 0.15) is 64.4 Å². The number of rotatable bonds is 13. The van der Waals surface area contributed by atoms with Crippen molar-refractivity contribution in [2.75, 3.05) is 39.0 Å². The number of ether oxygens (including phenoxy) is 1. The average molecular weight is 393 g/mol. The highest BCUT2D eigenvalue weighted by Crippen LogP contribution is 2.18. The van der Waals surface area contributed by atoms with Crippen LogP contribution in [-0.4, -0.2) is 48.2 Å². The van der Waals surface area contributed by atoms with Crippen LogP contribution in [0.3, 0.4) is 0 Å². The van der Waals surface area contributed by atoms with Crippen molar-refractivity contribution in [2.24, 2.45) is 5.92 Å². The Balaban J connectivity index is 1.56. The highest BCUT2D eigenvalue weighted by molar-refractivity contribution is 7.96. The fourth-order valence-corrected chi connectivity index (χ4v) is 4.14. The lowest BCUT2D eigenvalue weighted by Gasteiger charge is -2.33. The van der Waals surface area contributed by atoms with Gasteiger partial charge in [-0.15, -0.1) is 0 Å². The summed E-state index contributed by atoms with van der Waals surface area (Å²) >= 11 is 1.86. The summed E-state index contributed by atoms with van der Waals surface area (Å²) in [6.07, 6.45) is 11.5. The van der Waals surface area contributed by atoms with Crippen LogP contribution in [0.25, 0.3) is 0 Å². The van der Waals surface area contributed by atoms with Gasteiger partial charge in [-0.25, -0.2) is 4.31 Å². The van der Waals surface area contributed by atoms with Crippen molar-refractivity contribution in [1.29, 1.82) is 0 Å². The smallest absolute Gasteiger partial charge is 0.119 e. The van der Waals surface area contributed by atoms with E-state index in [1.807, 2.05) is 11.9 Å². The predicted molar refractivity (Wildman–Crippen MR) is 119 cm³/mol. The maximum absolute atomic E-state index is 6.00. The second kappa shape index (κ2) is 13.5. The van der Waals surface area contributed by atoms with E-state index in [4.69, 9.17) is 4.74 Å². The Morgan fingerprint density at radius 2 is 1.67 bits per heavy atom. The molecule has 3 nitrogen and oxygen atoms in total. The van der Waals surface area contributed by atoms with E-state index < -0.39 is 0 Å². The summed E-state index contributed by atoms with van der Waals surface area (Å²) < 4.78 is 8.44. The molecule has 1 aromatic rings. The summed E-state index contributed by atoms with van der Waals surface area (Å²) in [5.74, 6) is 1.89. The molecule has 0 amide bonds. The summed E-state index contributed by atoms with van der Waals surface area (Å²) in [6.45, 7) is 11.2. The number of benzene rings is 1. The SMILES string of the molecule is CSN1CCN(Cc2cccc(OCCCCCCCCC(C)C)c2)CC1. The van der Waals surface area contributed by atoms with Gasteiger partial charge in [0.25, 0.3) is 0 Å². The number of piperazine rings is 1. The van der Waals surface area contributed by atoms with E-state index in [9.17, 15) is 0 Å². The molecular formula is C23H40N2OS. The van der Waals surface area contributed by atoms with Crippen molar-refractivity contribution in [1.82, 2.24) is 9.21 Å². The third-order valence-electron chi connectivity index (χ3n) is 5.34. The van der Waals surface area contributed by atoms with E-state index in [0.29, 0.717) is 0 Å². The number of nitrogens with zero attached hydrogens (tertiary/aromatic N) is 2. The molecule has 154 valence electrons. The summed E-state index contributed by atoms with van der Waals surface area (Å²) in [7, 11) is 0. The van der Waals surface area contributed by atoms with Crippen LogP contribution in [0.2, 0.25) is 0 Å². The van der Waals surface area contributed by atoms with Gasteiger partial charge in [-0.1, -0.05) is 76.5 Å². The number of hydrogen-bond donors (Lipinski definition) is 0. The molecule has 0 atom stereocenters. The van der Waals surface area contributed by atoms with Gasteiger partial charge in [0.2, 0.25) is 0 Å². The van der Waals surface area contributed by atoms with Crippen molar-refractivity contribution in [2.45, 2.75) is 65.3 Å². The van der Waals surface area contributed by atoms with Gasteiger partial charge in [-0.3, -0.25) is 4.90 Å². The van der Waals surface area contributed by atoms with E-state index in [-0.39, 0.29) is 0 Å².